The molecule has 0 saturated carbocycles. The molecule has 0 saturated heterocycles. The van der Waals surface area contributed by atoms with E-state index in [1.807, 2.05) is 18.4 Å². The van der Waals surface area contributed by atoms with Crippen LogP contribution in [0.15, 0.2) is 29.4 Å². The van der Waals surface area contributed by atoms with E-state index in [1.165, 1.54) is 22.7 Å². The Labute approximate surface area is 134 Å². The molecule has 0 unspecified atom stereocenters. The minimum absolute atomic E-state index is 0.255. The van der Waals surface area contributed by atoms with Gasteiger partial charge in [0.05, 0.1) is 12.3 Å². The van der Waals surface area contributed by atoms with Crippen molar-refractivity contribution in [2.75, 3.05) is 0 Å². The number of carbonyl (C=O) groups excluding carboxylic acids is 1. The number of nitriles is 1. The second-order valence-electron chi connectivity index (χ2n) is 4.38. The Kier molecular flexibility index (Phi) is 4.00. The average molecular weight is 327 g/mol. The lowest BCUT2D eigenvalue weighted by molar-refractivity contribution is 0.0974. The first-order valence-electron chi connectivity index (χ1n) is 6.27. The van der Waals surface area contributed by atoms with Gasteiger partial charge in [-0.2, -0.15) is 5.26 Å². The van der Waals surface area contributed by atoms with Crippen LogP contribution >= 0.6 is 22.7 Å². The highest BCUT2D eigenvalue weighted by Crippen LogP contribution is 2.27. The number of hydrogen-bond acceptors (Lipinski definition) is 8. The fourth-order valence-corrected chi connectivity index (χ4v) is 3.40. The van der Waals surface area contributed by atoms with Crippen molar-refractivity contribution in [1.29, 1.82) is 5.26 Å². The molecule has 6 nitrogen and oxygen atoms in total. The van der Waals surface area contributed by atoms with Gasteiger partial charge in [0.15, 0.2) is 5.92 Å². The Balaban J connectivity index is 1.89. The molecule has 3 aromatic rings. The summed E-state index contributed by atoms with van der Waals surface area (Å²) in [5, 5.41) is 13.8. The number of ketones is 1. The van der Waals surface area contributed by atoms with E-state index >= 15 is 0 Å². The number of hydrogen-bond donors (Lipinski definition) is 0. The van der Waals surface area contributed by atoms with E-state index in [-0.39, 0.29) is 11.5 Å². The van der Waals surface area contributed by atoms with Gasteiger partial charge in [0.25, 0.3) is 0 Å². The highest BCUT2D eigenvalue weighted by molar-refractivity contribution is 7.13. The van der Waals surface area contributed by atoms with Crippen LogP contribution in [0.4, 0.5) is 0 Å². The standard InChI is InChI=1S/C14H9N5OS2/c1-8-6-21-13(18-8)9(4-15)12(20)11-7-22-14(19-11)10-5-16-2-3-17-10/h2-3,5-7,9H,1H3/t9-/m0/s1. The van der Waals surface area contributed by atoms with Crippen LogP contribution in [0.2, 0.25) is 0 Å². The number of rotatable bonds is 4. The monoisotopic (exact) mass is 327 g/mol. The summed E-state index contributed by atoms with van der Waals surface area (Å²) in [7, 11) is 0. The Morgan fingerprint density at radius 3 is 2.77 bits per heavy atom. The molecule has 3 aromatic heterocycles. The summed E-state index contributed by atoms with van der Waals surface area (Å²) in [6.45, 7) is 1.83. The topological polar surface area (TPSA) is 92.4 Å². The third-order valence-electron chi connectivity index (χ3n) is 2.81. The van der Waals surface area contributed by atoms with Crippen molar-refractivity contribution < 1.29 is 4.79 Å². The zero-order valence-corrected chi connectivity index (χ0v) is 13.1. The Morgan fingerprint density at radius 2 is 2.14 bits per heavy atom. The molecule has 1 atom stereocenters. The summed E-state index contributed by atoms with van der Waals surface area (Å²) in [5.74, 6) is -1.27. The second-order valence-corrected chi connectivity index (χ2v) is 6.13. The first kappa shape index (κ1) is 14.4. The van der Waals surface area contributed by atoms with Crippen molar-refractivity contribution in [1.82, 2.24) is 19.9 Å². The van der Waals surface area contributed by atoms with Gasteiger partial charge in [0.2, 0.25) is 5.78 Å². The van der Waals surface area contributed by atoms with Gasteiger partial charge in [-0.15, -0.1) is 22.7 Å². The maximum absolute atomic E-state index is 12.5. The quantitative estimate of drug-likeness (QED) is 0.684. The van der Waals surface area contributed by atoms with E-state index < -0.39 is 5.92 Å². The van der Waals surface area contributed by atoms with Gasteiger partial charge in [-0.3, -0.25) is 14.8 Å². The van der Waals surface area contributed by atoms with Crippen LogP contribution in [0.1, 0.15) is 27.1 Å². The molecule has 0 aliphatic heterocycles. The van der Waals surface area contributed by atoms with Gasteiger partial charge < -0.3 is 0 Å². The van der Waals surface area contributed by atoms with E-state index in [2.05, 4.69) is 19.9 Å². The maximum atomic E-state index is 12.5. The minimum atomic E-state index is -0.921. The van der Waals surface area contributed by atoms with Crippen LogP contribution < -0.4 is 0 Å². The predicted octanol–water partition coefficient (Wildman–Crippen LogP) is 2.86. The lowest BCUT2D eigenvalue weighted by Crippen LogP contribution is -2.11. The fraction of sp³-hybridized carbons (Fsp3) is 0.143. The van der Waals surface area contributed by atoms with Crippen LogP contribution in [0, 0.1) is 18.3 Å². The summed E-state index contributed by atoms with van der Waals surface area (Å²) < 4.78 is 0. The zero-order chi connectivity index (χ0) is 15.5. The third-order valence-corrected chi connectivity index (χ3v) is 4.71. The number of nitrogens with zero attached hydrogens (tertiary/aromatic N) is 5. The molecule has 22 heavy (non-hydrogen) atoms. The Hall–Kier alpha value is -2.50. The number of Topliss-reactive ketones (excluding diaryl/α,β-unsaturated/α-hetero) is 1. The molecule has 8 heteroatoms. The second kappa shape index (κ2) is 6.09. The molecule has 3 rings (SSSR count). The molecule has 108 valence electrons. The van der Waals surface area contributed by atoms with E-state index in [0.717, 1.165) is 5.69 Å². The number of thiazole rings is 2. The molecular formula is C14H9N5OS2. The SMILES string of the molecule is Cc1csc([C@@H](C#N)C(=O)c2csc(-c3cnccn3)n2)n1. The van der Waals surface area contributed by atoms with Crippen LogP contribution in [-0.4, -0.2) is 25.7 Å². The highest BCUT2D eigenvalue weighted by Gasteiger charge is 2.26. The summed E-state index contributed by atoms with van der Waals surface area (Å²) >= 11 is 2.61. The van der Waals surface area contributed by atoms with Gasteiger partial charge >= 0.3 is 0 Å². The predicted molar refractivity (Wildman–Crippen MR) is 82.7 cm³/mol. The van der Waals surface area contributed by atoms with Crippen LogP contribution in [0.25, 0.3) is 10.7 Å². The van der Waals surface area contributed by atoms with E-state index in [1.54, 1.807) is 24.0 Å². The zero-order valence-electron chi connectivity index (χ0n) is 11.4. The van der Waals surface area contributed by atoms with Crippen molar-refractivity contribution in [3.8, 4) is 16.8 Å². The van der Waals surface area contributed by atoms with Gasteiger partial charge in [-0.05, 0) is 6.92 Å². The number of carbonyl (C=O) groups is 1. The molecule has 0 N–H and O–H groups in total. The average Bonchev–Trinajstić information content (AvgIpc) is 3.18. The fourth-order valence-electron chi connectivity index (χ4n) is 1.79. The molecule has 0 aromatic carbocycles. The van der Waals surface area contributed by atoms with Gasteiger partial charge in [-0.1, -0.05) is 0 Å². The maximum Gasteiger partial charge on any atom is 0.206 e. The van der Waals surface area contributed by atoms with Crippen LogP contribution in [0.5, 0.6) is 0 Å². The van der Waals surface area contributed by atoms with Gasteiger partial charge in [0, 0.05) is 28.8 Å². The molecule has 0 aliphatic rings. The highest BCUT2D eigenvalue weighted by atomic mass is 32.1. The lowest BCUT2D eigenvalue weighted by atomic mass is 10.1. The Morgan fingerprint density at radius 1 is 1.27 bits per heavy atom. The third kappa shape index (κ3) is 2.77. The Bertz CT molecular complexity index is 850. The van der Waals surface area contributed by atoms with Crippen LogP contribution in [-0.2, 0) is 0 Å². The minimum Gasteiger partial charge on any atom is -0.290 e. The summed E-state index contributed by atoms with van der Waals surface area (Å²) in [6, 6.07) is 2.01. The van der Waals surface area contributed by atoms with Gasteiger partial charge in [0.1, 0.15) is 21.4 Å². The molecule has 0 aliphatic carbocycles. The van der Waals surface area contributed by atoms with Crippen molar-refractivity contribution in [2.45, 2.75) is 12.8 Å². The molecule has 0 amide bonds. The van der Waals surface area contributed by atoms with E-state index in [0.29, 0.717) is 15.7 Å². The van der Waals surface area contributed by atoms with Crippen molar-refractivity contribution in [3.63, 3.8) is 0 Å². The lowest BCUT2D eigenvalue weighted by Gasteiger charge is -2.01. The molecular weight excluding hydrogens is 318 g/mol. The summed E-state index contributed by atoms with van der Waals surface area (Å²) in [4.78, 5) is 29.1. The molecule has 0 radical (unpaired) electrons. The molecule has 0 bridgehead atoms. The largest absolute Gasteiger partial charge is 0.290 e. The number of aryl methyl sites for hydroxylation is 1. The van der Waals surface area contributed by atoms with Crippen molar-refractivity contribution >= 4 is 28.5 Å². The molecule has 3 heterocycles. The normalized spacial score (nSPS) is 11.8. The smallest absolute Gasteiger partial charge is 0.206 e. The first-order valence-corrected chi connectivity index (χ1v) is 8.02. The molecule has 0 spiro atoms. The summed E-state index contributed by atoms with van der Waals surface area (Å²) in [6.07, 6.45) is 4.72. The van der Waals surface area contributed by atoms with Crippen molar-refractivity contribution in [2.24, 2.45) is 0 Å². The first-order chi connectivity index (χ1) is 10.7. The van der Waals surface area contributed by atoms with E-state index in [4.69, 9.17) is 0 Å². The van der Waals surface area contributed by atoms with E-state index in [9.17, 15) is 10.1 Å². The summed E-state index contributed by atoms with van der Waals surface area (Å²) in [5.41, 5.74) is 1.65. The molecule has 0 fully saturated rings. The van der Waals surface area contributed by atoms with Crippen LogP contribution in [0.3, 0.4) is 0 Å². The van der Waals surface area contributed by atoms with Gasteiger partial charge in [-0.25, -0.2) is 9.97 Å². The number of aromatic nitrogens is 4. The van der Waals surface area contributed by atoms with Crippen molar-refractivity contribution in [3.05, 3.63) is 45.7 Å².